The first-order valence-corrected chi connectivity index (χ1v) is 8.25. The summed E-state index contributed by atoms with van der Waals surface area (Å²) in [4.78, 5) is 2.48. The fraction of sp³-hybridized carbons (Fsp3) is 0.333. The summed E-state index contributed by atoms with van der Waals surface area (Å²) in [6.07, 6.45) is 1.11. The highest BCUT2D eigenvalue weighted by Crippen LogP contribution is 2.41. The summed E-state index contributed by atoms with van der Waals surface area (Å²) in [5.74, 6) is 0. The molecule has 2 nitrogen and oxygen atoms in total. The highest BCUT2D eigenvalue weighted by molar-refractivity contribution is 9.10. The highest BCUT2D eigenvalue weighted by atomic mass is 79.9. The van der Waals surface area contributed by atoms with Crippen molar-refractivity contribution in [3.63, 3.8) is 0 Å². The molecule has 1 aliphatic heterocycles. The average molecular weight is 345 g/mol. The van der Waals surface area contributed by atoms with Gasteiger partial charge < -0.3 is 10.2 Å². The fourth-order valence-electron chi connectivity index (χ4n) is 3.18. The molecule has 1 aliphatic rings. The van der Waals surface area contributed by atoms with E-state index in [1.807, 2.05) is 7.05 Å². The molecule has 2 aromatic carbocycles. The molecule has 0 saturated heterocycles. The number of para-hydroxylation sites is 1. The van der Waals surface area contributed by atoms with Crippen LogP contribution in [0.15, 0.2) is 46.9 Å². The van der Waals surface area contributed by atoms with E-state index in [1.165, 1.54) is 22.5 Å². The van der Waals surface area contributed by atoms with Crippen LogP contribution in [0.4, 0.5) is 11.4 Å². The van der Waals surface area contributed by atoms with Gasteiger partial charge in [0.1, 0.15) is 0 Å². The van der Waals surface area contributed by atoms with Gasteiger partial charge in [0.2, 0.25) is 0 Å². The molecule has 0 bridgehead atoms. The minimum absolute atomic E-state index is 0.327. The largest absolute Gasteiger partial charge is 0.338 e. The SMILES string of the molecule is CNC(C)c1ccc(Br)cc1N1c2ccccc2CC1C. The van der Waals surface area contributed by atoms with E-state index in [-0.39, 0.29) is 0 Å². The summed E-state index contributed by atoms with van der Waals surface area (Å²) < 4.78 is 1.13. The van der Waals surface area contributed by atoms with Gasteiger partial charge in [-0.2, -0.15) is 0 Å². The summed E-state index contributed by atoms with van der Waals surface area (Å²) in [6, 6.07) is 16.1. The average Bonchev–Trinajstić information content (AvgIpc) is 2.82. The lowest BCUT2D eigenvalue weighted by molar-refractivity contribution is 0.647. The van der Waals surface area contributed by atoms with Crippen molar-refractivity contribution >= 4 is 27.3 Å². The predicted octanol–water partition coefficient (Wildman–Crippen LogP) is 4.81. The maximum atomic E-state index is 3.63. The number of hydrogen-bond acceptors (Lipinski definition) is 2. The predicted molar refractivity (Wildman–Crippen MR) is 93.4 cm³/mol. The van der Waals surface area contributed by atoms with Crippen LogP contribution in [-0.4, -0.2) is 13.1 Å². The Labute approximate surface area is 135 Å². The molecule has 0 fully saturated rings. The topological polar surface area (TPSA) is 15.3 Å². The lowest BCUT2D eigenvalue weighted by Crippen LogP contribution is -2.26. The fourth-order valence-corrected chi connectivity index (χ4v) is 3.53. The first-order chi connectivity index (χ1) is 10.1. The molecule has 3 heteroatoms. The molecule has 0 saturated carbocycles. The minimum Gasteiger partial charge on any atom is -0.338 e. The summed E-state index contributed by atoms with van der Waals surface area (Å²) in [7, 11) is 2.01. The molecule has 0 aliphatic carbocycles. The summed E-state index contributed by atoms with van der Waals surface area (Å²) in [5.41, 5.74) is 5.41. The third kappa shape index (κ3) is 2.60. The van der Waals surface area contributed by atoms with E-state index in [0.29, 0.717) is 12.1 Å². The molecule has 1 heterocycles. The minimum atomic E-state index is 0.327. The molecule has 0 amide bonds. The Balaban J connectivity index is 2.14. The normalized spacial score (nSPS) is 18.7. The van der Waals surface area contributed by atoms with E-state index in [1.54, 1.807) is 0 Å². The van der Waals surface area contributed by atoms with Crippen molar-refractivity contribution in [2.24, 2.45) is 0 Å². The third-order valence-corrected chi connectivity index (χ3v) is 4.85. The van der Waals surface area contributed by atoms with E-state index in [4.69, 9.17) is 0 Å². The smallest absolute Gasteiger partial charge is 0.0473 e. The lowest BCUT2D eigenvalue weighted by atomic mass is 10.0. The summed E-state index contributed by atoms with van der Waals surface area (Å²) in [6.45, 7) is 4.51. The molecule has 110 valence electrons. The van der Waals surface area contributed by atoms with Gasteiger partial charge in [-0.15, -0.1) is 0 Å². The van der Waals surface area contributed by atoms with Crippen LogP contribution in [0.2, 0.25) is 0 Å². The van der Waals surface area contributed by atoms with Crippen molar-refractivity contribution in [2.45, 2.75) is 32.4 Å². The van der Waals surface area contributed by atoms with Crippen molar-refractivity contribution < 1.29 is 0 Å². The second-order valence-electron chi connectivity index (χ2n) is 5.77. The molecular weight excluding hydrogens is 324 g/mol. The van der Waals surface area contributed by atoms with E-state index in [2.05, 4.69) is 82.5 Å². The zero-order valence-electron chi connectivity index (χ0n) is 12.7. The monoisotopic (exact) mass is 344 g/mol. The van der Waals surface area contributed by atoms with Crippen LogP contribution < -0.4 is 10.2 Å². The van der Waals surface area contributed by atoms with E-state index >= 15 is 0 Å². The van der Waals surface area contributed by atoms with Gasteiger partial charge >= 0.3 is 0 Å². The Morgan fingerprint density at radius 2 is 1.95 bits per heavy atom. The van der Waals surface area contributed by atoms with Crippen molar-refractivity contribution in [2.75, 3.05) is 11.9 Å². The van der Waals surface area contributed by atoms with Crippen LogP contribution in [0.3, 0.4) is 0 Å². The van der Waals surface area contributed by atoms with Gasteiger partial charge in [0.25, 0.3) is 0 Å². The van der Waals surface area contributed by atoms with E-state index in [9.17, 15) is 0 Å². The zero-order valence-corrected chi connectivity index (χ0v) is 14.3. The van der Waals surface area contributed by atoms with Gasteiger partial charge in [0, 0.05) is 27.9 Å². The van der Waals surface area contributed by atoms with Crippen molar-refractivity contribution in [1.29, 1.82) is 0 Å². The maximum absolute atomic E-state index is 3.63. The van der Waals surface area contributed by atoms with Crippen molar-refractivity contribution in [3.8, 4) is 0 Å². The van der Waals surface area contributed by atoms with Gasteiger partial charge in [-0.3, -0.25) is 0 Å². The Kier molecular flexibility index (Phi) is 4.05. The molecule has 1 N–H and O–H groups in total. The van der Waals surface area contributed by atoms with Gasteiger partial charge in [-0.25, -0.2) is 0 Å². The molecule has 0 radical (unpaired) electrons. The van der Waals surface area contributed by atoms with Gasteiger partial charge in [-0.1, -0.05) is 40.2 Å². The second-order valence-corrected chi connectivity index (χ2v) is 6.68. The molecular formula is C18H21BrN2. The van der Waals surface area contributed by atoms with Gasteiger partial charge in [-0.05, 0) is 56.6 Å². The number of halogens is 1. The number of nitrogens with one attached hydrogen (secondary N) is 1. The molecule has 2 unspecified atom stereocenters. The van der Waals surface area contributed by atoms with Crippen LogP contribution in [0, 0.1) is 0 Å². The maximum Gasteiger partial charge on any atom is 0.0473 e. The van der Waals surface area contributed by atoms with Crippen LogP contribution >= 0.6 is 15.9 Å². The Bertz CT molecular complexity index is 653. The van der Waals surface area contributed by atoms with Crippen LogP contribution in [0.25, 0.3) is 0 Å². The Hall–Kier alpha value is -1.32. The third-order valence-electron chi connectivity index (χ3n) is 4.36. The Morgan fingerprint density at radius 1 is 1.19 bits per heavy atom. The van der Waals surface area contributed by atoms with Crippen LogP contribution in [0.1, 0.15) is 31.0 Å². The number of nitrogens with zero attached hydrogens (tertiary/aromatic N) is 1. The summed E-state index contributed by atoms with van der Waals surface area (Å²) >= 11 is 3.63. The molecule has 2 atom stereocenters. The van der Waals surface area contributed by atoms with Crippen molar-refractivity contribution in [1.82, 2.24) is 5.32 Å². The number of anilines is 2. The van der Waals surface area contributed by atoms with E-state index in [0.717, 1.165) is 10.9 Å². The van der Waals surface area contributed by atoms with Crippen molar-refractivity contribution in [3.05, 3.63) is 58.1 Å². The quantitative estimate of drug-likeness (QED) is 0.859. The zero-order chi connectivity index (χ0) is 15.0. The summed E-state index contributed by atoms with van der Waals surface area (Å²) in [5, 5.41) is 3.36. The number of rotatable bonds is 3. The first-order valence-electron chi connectivity index (χ1n) is 7.45. The molecule has 0 aromatic heterocycles. The molecule has 3 rings (SSSR count). The number of fused-ring (bicyclic) bond motifs is 1. The highest BCUT2D eigenvalue weighted by Gasteiger charge is 2.29. The van der Waals surface area contributed by atoms with Gasteiger partial charge in [0.15, 0.2) is 0 Å². The van der Waals surface area contributed by atoms with Crippen LogP contribution in [-0.2, 0) is 6.42 Å². The molecule has 0 spiro atoms. The Morgan fingerprint density at radius 3 is 2.71 bits per heavy atom. The first kappa shape index (κ1) is 14.6. The lowest BCUT2D eigenvalue weighted by Gasteiger charge is -2.29. The van der Waals surface area contributed by atoms with Gasteiger partial charge in [0.05, 0.1) is 0 Å². The molecule has 2 aromatic rings. The second kappa shape index (κ2) is 5.82. The standard InChI is InChI=1S/C18H21BrN2/c1-12-10-14-6-4-5-7-17(14)21(12)18-11-15(19)8-9-16(18)13(2)20-3/h4-9,11-13,20H,10H2,1-3H3. The molecule has 21 heavy (non-hydrogen) atoms. The number of hydrogen-bond donors (Lipinski definition) is 1. The van der Waals surface area contributed by atoms with Crippen LogP contribution in [0.5, 0.6) is 0 Å². The van der Waals surface area contributed by atoms with E-state index < -0.39 is 0 Å². The number of benzene rings is 2.